The molecule has 128 valence electrons. The topological polar surface area (TPSA) is 42.1 Å². The number of hydrogen-bond acceptors (Lipinski definition) is 2. The van der Waals surface area contributed by atoms with E-state index in [1.807, 2.05) is 24.3 Å². The number of esters is 1. The van der Waals surface area contributed by atoms with Crippen LogP contribution in [0.3, 0.4) is 0 Å². The van der Waals surface area contributed by atoms with Gasteiger partial charge in [0.1, 0.15) is 11.8 Å². The Bertz CT molecular complexity index is 723. The van der Waals surface area contributed by atoms with Crippen molar-refractivity contribution < 1.29 is 9.53 Å². The van der Waals surface area contributed by atoms with Crippen LogP contribution in [0.2, 0.25) is 16.6 Å². The molecule has 0 aliphatic heterocycles. The lowest BCUT2D eigenvalue weighted by atomic mass is 10.2. The van der Waals surface area contributed by atoms with Crippen LogP contribution in [-0.4, -0.2) is 19.0 Å². The predicted octanol–water partition coefficient (Wildman–Crippen LogP) is 5.50. The minimum absolute atomic E-state index is 0.419. The standard InChI is InChI=1S/C20H27NO2Si/c1-14(2)24(15(3)4,16(5)6)12-11-23-20(22)19-13-17-9-7-8-10-18(17)21-19/h7-10,13-16,21H,1-6H3. The van der Waals surface area contributed by atoms with Gasteiger partial charge in [-0.25, -0.2) is 4.79 Å². The summed E-state index contributed by atoms with van der Waals surface area (Å²) in [5.41, 5.74) is 6.30. The van der Waals surface area contributed by atoms with Gasteiger partial charge in [-0.15, -0.1) is 0 Å². The molecule has 4 heteroatoms. The van der Waals surface area contributed by atoms with Gasteiger partial charge < -0.3 is 9.72 Å². The molecule has 0 saturated heterocycles. The van der Waals surface area contributed by atoms with Crippen LogP contribution in [0.1, 0.15) is 52.0 Å². The number of benzene rings is 1. The molecule has 1 aromatic carbocycles. The summed E-state index contributed by atoms with van der Waals surface area (Å²) in [6, 6.07) is 9.58. The minimum Gasteiger partial charge on any atom is -0.368 e. The normalized spacial score (nSPS) is 11.9. The lowest BCUT2D eigenvalue weighted by molar-refractivity contribution is 0.0685. The lowest BCUT2D eigenvalue weighted by Crippen LogP contribution is -2.43. The molecule has 0 bridgehead atoms. The first-order valence-electron chi connectivity index (χ1n) is 8.60. The van der Waals surface area contributed by atoms with Crippen molar-refractivity contribution in [2.45, 2.75) is 58.2 Å². The molecule has 2 rings (SSSR count). The average molecular weight is 342 g/mol. The van der Waals surface area contributed by atoms with Crippen molar-refractivity contribution in [1.82, 2.24) is 4.98 Å². The largest absolute Gasteiger partial charge is 0.368 e. The molecule has 0 amide bonds. The van der Waals surface area contributed by atoms with Crippen LogP contribution >= 0.6 is 0 Å². The molecule has 2 aromatic rings. The van der Waals surface area contributed by atoms with E-state index < -0.39 is 14.0 Å². The third-order valence-corrected chi connectivity index (χ3v) is 11.3. The molecule has 1 aromatic heterocycles. The molecular weight excluding hydrogens is 314 g/mol. The van der Waals surface area contributed by atoms with Gasteiger partial charge in [-0.1, -0.05) is 65.3 Å². The Morgan fingerprint density at radius 3 is 2.17 bits per heavy atom. The maximum atomic E-state index is 12.3. The summed E-state index contributed by atoms with van der Waals surface area (Å²) in [5, 5.41) is 0.993. The van der Waals surface area contributed by atoms with Crippen LogP contribution in [0, 0.1) is 11.7 Å². The number of nitrogens with one attached hydrogen (secondary N) is 1. The number of carbonyl (C=O) groups excluding carboxylic acids is 1. The summed E-state index contributed by atoms with van der Waals surface area (Å²) in [7, 11) is -1.88. The van der Waals surface area contributed by atoms with E-state index in [-0.39, 0.29) is 0 Å². The maximum absolute atomic E-state index is 12.3. The highest BCUT2D eigenvalue weighted by Crippen LogP contribution is 2.40. The Balaban J connectivity index is 2.22. The predicted molar refractivity (Wildman–Crippen MR) is 103 cm³/mol. The zero-order valence-corrected chi connectivity index (χ0v) is 16.4. The molecule has 0 unspecified atom stereocenters. The van der Waals surface area contributed by atoms with Gasteiger partial charge in [0.15, 0.2) is 8.07 Å². The molecule has 24 heavy (non-hydrogen) atoms. The molecule has 0 radical (unpaired) electrons. The quantitative estimate of drug-likeness (QED) is 0.453. The van der Waals surface area contributed by atoms with Crippen molar-refractivity contribution in [2.24, 2.45) is 0 Å². The van der Waals surface area contributed by atoms with Crippen molar-refractivity contribution in [3.8, 4) is 11.7 Å². The third-order valence-electron chi connectivity index (χ3n) is 5.03. The van der Waals surface area contributed by atoms with E-state index in [0.717, 1.165) is 10.9 Å². The molecule has 1 N–H and O–H groups in total. The van der Waals surface area contributed by atoms with Crippen molar-refractivity contribution >= 4 is 24.9 Å². The number of hydrogen-bond donors (Lipinski definition) is 1. The smallest absolute Gasteiger partial charge is 0.368 e. The second-order valence-corrected chi connectivity index (χ2v) is 12.9. The van der Waals surface area contributed by atoms with E-state index in [1.54, 1.807) is 6.07 Å². The van der Waals surface area contributed by atoms with Crippen LogP contribution in [0.4, 0.5) is 0 Å². The molecule has 0 atom stereocenters. The summed E-state index contributed by atoms with van der Waals surface area (Å²) < 4.78 is 5.27. The van der Waals surface area contributed by atoms with E-state index >= 15 is 0 Å². The second-order valence-electron chi connectivity index (χ2n) is 7.28. The Labute approximate surface area is 145 Å². The Morgan fingerprint density at radius 2 is 1.62 bits per heavy atom. The van der Waals surface area contributed by atoms with Crippen LogP contribution in [0.5, 0.6) is 0 Å². The highest BCUT2D eigenvalue weighted by Gasteiger charge is 2.42. The fourth-order valence-electron chi connectivity index (χ4n) is 3.83. The van der Waals surface area contributed by atoms with Crippen molar-refractivity contribution in [3.63, 3.8) is 0 Å². The Kier molecular flexibility index (Phi) is 5.56. The number of H-pyrrole nitrogens is 1. The number of aromatic nitrogens is 1. The Hall–Kier alpha value is -1.99. The first-order valence-corrected chi connectivity index (χ1v) is 10.8. The second kappa shape index (κ2) is 7.27. The van der Waals surface area contributed by atoms with E-state index in [2.05, 4.69) is 58.2 Å². The highest BCUT2D eigenvalue weighted by atomic mass is 28.3. The van der Waals surface area contributed by atoms with Crippen molar-refractivity contribution in [1.29, 1.82) is 0 Å². The number of aromatic amines is 1. The highest BCUT2D eigenvalue weighted by molar-refractivity contribution is 6.90. The maximum Gasteiger partial charge on any atom is 0.368 e. The number of fused-ring (bicyclic) bond motifs is 1. The van der Waals surface area contributed by atoms with Gasteiger partial charge in [0.25, 0.3) is 0 Å². The van der Waals surface area contributed by atoms with Gasteiger partial charge in [-0.05, 0) is 28.8 Å². The fraction of sp³-hybridized carbons (Fsp3) is 0.450. The summed E-state index contributed by atoms with van der Waals surface area (Å²) in [6.45, 7) is 13.4. The van der Waals surface area contributed by atoms with Gasteiger partial charge in [0.2, 0.25) is 0 Å². The van der Waals surface area contributed by atoms with Gasteiger partial charge in [0, 0.05) is 10.9 Å². The number of rotatable bonds is 4. The lowest BCUT2D eigenvalue weighted by Gasteiger charge is -2.37. The van der Waals surface area contributed by atoms with Crippen molar-refractivity contribution in [2.75, 3.05) is 0 Å². The van der Waals surface area contributed by atoms with E-state index in [4.69, 9.17) is 4.74 Å². The summed E-state index contributed by atoms with van der Waals surface area (Å²) in [4.78, 5) is 15.3. The molecule has 0 spiro atoms. The van der Waals surface area contributed by atoms with Crippen LogP contribution < -0.4 is 0 Å². The molecule has 0 saturated carbocycles. The molecule has 3 nitrogen and oxygen atoms in total. The summed E-state index contributed by atoms with van der Waals surface area (Å²) in [5.74, 6) is -0.419. The van der Waals surface area contributed by atoms with E-state index in [1.165, 1.54) is 0 Å². The average Bonchev–Trinajstić information content (AvgIpc) is 2.94. The summed E-state index contributed by atoms with van der Waals surface area (Å²) in [6.07, 6.45) is 2.76. The molecule has 0 fully saturated rings. The molecule has 0 aliphatic carbocycles. The number of carbonyl (C=O) groups is 1. The van der Waals surface area contributed by atoms with Gasteiger partial charge in [-0.2, -0.15) is 0 Å². The third kappa shape index (κ3) is 3.41. The van der Waals surface area contributed by atoms with Crippen LogP contribution in [-0.2, 0) is 4.74 Å². The summed E-state index contributed by atoms with van der Waals surface area (Å²) >= 11 is 0. The zero-order chi connectivity index (χ0) is 17.9. The van der Waals surface area contributed by atoms with E-state index in [9.17, 15) is 4.79 Å². The first kappa shape index (κ1) is 18.3. The monoisotopic (exact) mass is 341 g/mol. The number of ether oxygens (including phenoxy) is 1. The molecule has 1 heterocycles. The van der Waals surface area contributed by atoms with E-state index in [0.29, 0.717) is 22.3 Å². The fourth-order valence-corrected chi connectivity index (χ4v) is 8.93. The SMILES string of the molecule is CC(C)[Si](C#COC(=O)c1cc2ccccc2[nH]1)(C(C)C)C(C)C. The zero-order valence-electron chi connectivity index (χ0n) is 15.4. The van der Waals surface area contributed by atoms with Crippen molar-refractivity contribution in [3.05, 3.63) is 36.0 Å². The Morgan fingerprint density at radius 1 is 1.04 bits per heavy atom. The first-order chi connectivity index (χ1) is 11.3. The minimum atomic E-state index is -1.88. The molecular formula is C20H27NO2Si. The van der Waals surface area contributed by atoms with Gasteiger partial charge in [0.05, 0.1) is 0 Å². The van der Waals surface area contributed by atoms with Crippen LogP contribution in [0.25, 0.3) is 10.9 Å². The van der Waals surface area contributed by atoms with Gasteiger partial charge >= 0.3 is 5.97 Å². The number of para-hydroxylation sites is 1. The van der Waals surface area contributed by atoms with Gasteiger partial charge in [-0.3, -0.25) is 0 Å². The van der Waals surface area contributed by atoms with Crippen LogP contribution in [0.15, 0.2) is 30.3 Å². The molecule has 0 aliphatic rings.